The molecule has 7 rings (SSSR count). The molecule has 9 heteroatoms. The van der Waals surface area contributed by atoms with Crippen molar-refractivity contribution in [1.29, 1.82) is 0 Å². The van der Waals surface area contributed by atoms with Gasteiger partial charge >= 0.3 is 0 Å². The van der Waals surface area contributed by atoms with Gasteiger partial charge in [-0.2, -0.15) is 0 Å². The van der Waals surface area contributed by atoms with Crippen LogP contribution in [0.25, 0.3) is 17.2 Å². The van der Waals surface area contributed by atoms with Crippen LogP contribution in [0.5, 0.6) is 17.2 Å². The summed E-state index contributed by atoms with van der Waals surface area (Å²) < 4.78 is 16.6. The van der Waals surface area contributed by atoms with Gasteiger partial charge in [0, 0.05) is 42.7 Å². The monoisotopic (exact) mass is 562 g/mol. The molecule has 1 N–H and O–H groups in total. The molecule has 4 heterocycles. The zero-order valence-electron chi connectivity index (χ0n) is 22.2. The number of rotatable bonds is 8. The van der Waals surface area contributed by atoms with Crippen LogP contribution < -0.4 is 14.8 Å². The Bertz CT molecular complexity index is 1820. The molecule has 2 unspecified atom stereocenters. The summed E-state index contributed by atoms with van der Waals surface area (Å²) in [4.78, 5) is 28.0. The Balaban J connectivity index is 1.05. The van der Waals surface area contributed by atoms with Crippen LogP contribution in [0.2, 0.25) is 0 Å². The highest BCUT2D eigenvalue weighted by Crippen LogP contribution is 2.38. The van der Waals surface area contributed by atoms with Gasteiger partial charge in [0.1, 0.15) is 29.7 Å². The Morgan fingerprint density at radius 3 is 2.63 bits per heavy atom. The van der Waals surface area contributed by atoms with Crippen molar-refractivity contribution >= 4 is 40.1 Å². The van der Waals surface area contributed by atoms with Crippen LogP contribution in [-0.4, -0.2) is 30.5 Å². The van der Waals surface area contributed by atoms with Crippen molar-refractivity contribution in [2.24, 2.45) is 7.05 Å². The fourth-order valence-corrected chi connectivity index (χ4v) is 6.19. The van der Waals surface area contributed by atoms with Crippen LogP contribution >= 0.6 is 11.8 Å². The highest BCUT2D eigenvalue weighted by molar-refractivity contribution is 8.15. The van der Waals surface area contributed by atoms with Gasteiger partial charge < -0.3 is 18.6 Å². The Morgan fingerprint density at radius 1 is 0.976 bits per heavy atom. The maximum atomic E-state index is 11.8. The topological polar surface area (TPSA) is 87.4 Å². The number of amides is 2. The fraction of sp³-hybridized carbons (Fsp3) is 0.156. The van der Waals surface area contributed by atoms with Gasteiger partial charge in [-0.3, -0.25) is 14.9 Å². The molecule has 2 aliphatic heterocycles. The molecule has 0 saturated carbocycles. The summed E-state index contributed by atoms with van der Waals surface area (Å²) in [6, 6.07) is 25.9. The van der Waals surface area contributed by atoms with Gasteiger partial charge in [0.25, 0.3) is 5.24 Å². The molecule has 2 aromatic heterocycles. The highest BCUT2D eigenvalue weighted by atomic mass is 32.2. The first-order valence-electron chi connectivity index (χ1n) is 13.3. The number of benzene rings is 3. The first kappa shape index (κ1) is 25.2. The van der Waals surface area contributed by atoms with Crippen molar-refractivity contribution < 1.29 is 19.1 Å². The first-order valence-corrected chi connectivity index (χ1v) is 14.2. The normalized spacial score (nSPS) is 17.7. The maximum absolute atomic E-state index is 11.8. The Hall–Kier alpha value is -4.76. The molecule has 2 aliphatic rings. The van der Waals surface area contributed by atoms with Gasteiger partial charge in [0.2, 0.25) is 5.91 Å². The number of fused-ring (bicyclic) bond motifs is 2. The number of para-hydroxylation sites is 1. The average Bonchev–Trinajstić information content (AvgIpc) is 3.74. The zero-order valence-corrected chi connectivity index (χ0v) is 23.0. The van der Waals surface area contributed by atoms with E-state index in [-0.39, 0.29) is 22.3 Å². The molecule has 8 nitrogen and oxygen atoms in total. The molecule has 1 fully saturated rings. The van der Waals surface area contributed by atoms with E-state index < -0.39 is 0 Å². The third kappa shape index (κ3) is 4.89. The Labute approximate surface area is 240 Å². The molecule has 5 aromatic rings. The third-order valence-electron chi connectivity index (χ3n) is 7.48. The molecule has 1 saturated heterocycles. The summed E-state index contributed by atoms with van der Waals surface area (Å²) in [6.45, 7) is 0.298. The van der Waals surface area contributed by atoms with E-state index in [9.17, 15) is 9.59 Å². The predicted octanol–water partition coefficient (Wildman–Crippen LogP) is 6.26. The van der Waals surface area contributed by atoms with E-state index in [0.29, 0.717) is 18.8 Å². The second kappa shape index (κ2) is 10.3. The molecule has 2 atom stereocenters. The number of carbonyl (C=O) groups excluding carboxylic acids is 2. The minimum atomic E-state index is -0.386. The summed E-state index contributed by atoms with van der Waals surface area (Å²) in [5.41, 5.74) is 5.12. The van der Waals surface area contributed by atoms with Crippen molar-refractivity contribution in [1.82, 2.24) is 19.4 Å². The van der Waals surface area contributed by atoms with Crippen molar-refractivity contribution in [3.05, 3.63) is 114 Å². The molecule has 0 aliphatic carbocycles. The summed E-state index contributed by atoms with van der Waals surface area (Å²) in [6.07, 6.45) is 6.84. The number of ether oxygens (including phenoxy) is 2. The summed E-state index contributed by atoms with van der Waals surface area (Å²) in [5.74, 6) is 2.96. The summed E-state index contributed by atoms with van der Waals surface area (Å²) in [7, 11) is 1.97. The minimum Gasteiger partial charge on any atom is -0.486 e. The second-order valence-electron chi connectivity index (χ2n) is 10.1. The number of hydrogen-bond acceptors (Lipinski definition) is 6. The lowest BCUT2D eigenvalue weighted by molar-refractivity contribution is -0.118. The van der Waals surface area contributed by atoms with E-state index in [2.05, 4.69) is 46.6 Å². The van der Waals surface area contributed by atoms with Crippen LogP contribution in [0.3, 0.4) is 0 Å². The number of imide groups is 1. The van der Waals surface area contributed by atoms with Crippen molar-refractivity contribution in [2.75, 3.05) is 0 Å². The van der Waals surface area contributed by atoms with Gasteiger partial charge in [0.15, 0.2) is 0 Å². The lowest BCUT2D eigenvalue weighted by Gasteiger charge is -2.15. The molecule has 0 bridgehead atoms. The lowest BCUT2D eigenvalue weighted by Crippen LogP contribution is -2.25. The van der Waals surface area contributed by atoms with E-state index in [1.165, 1.54) is 5.69 Å². The fourth-order valence-electron chi connectivity index (χ4n) is 5.33. The molecular formula is C32H26N4O4S. The molecule has 0 spiro atoms. The molecule has 41 heavy (non-hydrogen) atoms. The van der Waals surface area contributed by atoms with E-state index in [0.717, 1.165) is 51.2 Å². The quantitative estimate of drug-likeness (QED) is 0.240. The third-order valence-corrected chi connectivity index (χ3v) is 8.46. The van der Waals surface area contributed by atoms with Crippen LogP contribution in [0, 0.1) is 0 Å². The molecule has 204 valence electrons. The molecule has 0 radical (unpaired) electrons. The molecule has 3 aromatic carbocycles. The van der Waals surface area contributed by atoms with Crippen molar-refractivity contribution in [3.8, 4) is 17.2 Å². The van der Waals surface area contributed by atoms with Crippen molar-refractivity contribution in [2.45, 2.75) is 24.2 Å². The van der Waals surface area contributed by atoms with Gasteiger partial charge in [-0.15, -0.1) is 0 Å². The smallest absolute Gasteiger partial charge is 0.286 e. The number of thioether (sulfide) groups is 1. The zero-order chi connectivity index (χ0) is 27.9. The highest BCUT2D eigenvalue weighted by Gasteiger charge is 2.31. The number of nitrogens with zero attached hydrogens (tertiary/aromatic N) is 3. The summed E-state index contributed by atoms with van der Waals surface area (Å²) >= 11 is 1.03. The lowest BCUT2D eigenvalue weighted by atomic mass is 9.96. The first-order chi connectivity index (χ1) is 20.0. The standard InChI is InChI=1S/C32H26N4O4S/c1-35-27-18-22(40-28-7-3-2-5-24(28)23-14-16-36-15-4-6-26(23)36)12-13-25(27)33-30(35)19-39-21-10-8-20(9-11-21)17-29-31(37)34-32(38)41-29/h2-16,18,23,29H,17,19H2,1H3,(H,34,37,38). The van der Waals surface area contributed by atoms with Gasteiger partial charge in [-0.25, -0.2) is 4.98 Å². The summed E-state index contributed by atoms with van der Waals surface area (Å²) in [5, 5.41) is 1.65. The van der Waals surface area contributed by atoms with Gasteiger partial charge in [-0.1, -0.05) is 48.2 Å². The van der Waals surface area contributed by atoms with Crippen LogP contribution in [0.4, 0.5) is 4.79 Å². The van der Waals surface area contributed by atoms with E-state index >= 15 is 0 Å². The number of aryl methyl sites for hydroxylation is 1. The number of aromatic nitrogens is 3. The molecular weight excluding hydrogens is 536 g/mol. The largest absolute Gasteiger partial charge is 0.486 e. The number of hydrogen-bond donors (Lipinski definition) is 1. The van der Waals surface area contributed by atoms with Gasteiger partial charge in [0.05, 0.1) is 16.3 Å². The van der Waals surface area contributed by atoms with E-state index in [1.807, 2.05) is 72.3 Å². The number of imidazole rings is 1. The number of carbonyl (C=O) groups is 2. The Morgan fingerprint density at radius 2 is 1.80 bits per heavy atom. The van der Waals surface area contributed by atoms with Crippen LogP contribution in [0.15, 0.2) is 91.1 Å². The van der Waals surface area contributed by atoms with E-state index in [4.69, 9.17) is 14.5 Å². The molecule has 2 amide bonds. The van der Waals surface area contributed by atoms with E-state index in [1.54, 1.807) is 0 Å². The van der Waals surface area contributed by atoms with Crippen LogP contribution in [-0.2, 0) is 24.9 Å². The van der Waals surface area contributed by atoms with Crippen molar-refractivity contribution in [3.63, 3.8) is 0 Å². The number of allylic oxidation sites excluding steroid dienone is 1. The second-order valence-corrected chi connectivity index (χ2v) is 11.2. The Kier molecular flexibility index (Phi) is 6.36. The van der Waals surface area contributed by atoms with Gasteiger partial charge in [-0.05, 0) is 54.4 Å². The average molecular weight is 563 g/mol. The minimum absolute atomic E-state index is 0.143. The number of nitrogens with one attached hydrogen (secondary N) is 1. The SMILES string of the molecule is Cn1c(COc2ccc(CC3SC(=O)NC3=O)cc2)nc2ccc(Oc3ccccc3C3C=Cn4cccc43)cc21. The maximum Gasteiger partial charge on any atom is 0.286 e. The predicted molar refractivity (Wildman–Crippen MR) is 158 cm³/mol. The van der Waals surface area contributed by atoms with Crippen LogP contribution in [0.1, 0.15) is 28.6 Å².